The molecule has 3 unspecified atom stereocenters. The van der Waals surface area contributed by atoms with E-state index in [2.05, 4.69) is 18.4 Å². The Hall–Kier alpha value is -0.990. The van der Waals surface area contributed by atoms with Gasteiger partial charge in [0.2, 0.25) is 0 Å². The second-order valence-electron chi connectivity index (χ2n) is 5.16. The van der Waals surface area contributed by atoms with Crippen LogP contribution in [0.1, 0.15) is 47.5 Å². The predicted molar refractivity (Wildman–Crippen MR) is 84.5 cm³/mol. The molecule has 0 aromatic heterocycles. The van der Waals surface area contributed by atoms with Crippen LogP contribution in [-0.4, -0.2) is 16.9 Å². The fraction of sp³-hybridized carbons (Fsp3) is 0.625. The van der Waals surface area contributed by atoms with Gasteiger partial charge in [-0.1, -0.05) is 31.8 Å². The zero-order valence-electron chi connectivity index (χ0n) is 13.1. The number of terminal acetylenes is 2. The lowest BCUT2D eigenvalue weighted by atomic mass is 10.1. The van der Waals surface area contributed by atoms with Gasteiger partial charge < -0.3 is 0 Å². The summed E-state index contributed by atoms with van der Waals surface area (Å²) >= 11 is 0. The van der Waals surface area contributed by atoms with Crippen LogP contribution in [-0.2, 0) is 13.6 Å². The van der Waals surface area contributed by atoms with Crippen molar-refractivity contribution < 1.29 is 13.6 Å². The van der Waals surface area contributed by atoms with E-state index in [0.29, 0.717) is 12.8 Å². The van der Waals surface area contributed by atoms with Gasteiger partial charge in [0, 0.05) is 0 Å². The highest BCUT2D eigenvalue weighted by Crippen LogP contribution is 2.59. The molecule has 0 saturated heterocycles. The minimum absolute atomic E-state index is 0.499. The lowest BCUT2D eigenvalue weighted by Gasteiger charge is -2.35. The third kappa shape index (κ3) is 4.53. The van der Waals surface area contributed by atoms with Gasteiger partial charge in [-0.2, -0.15) is 0 Å². The zero-order valence-corrected chi connectivity index (χ0v) is 14.0. The topological polar surface area (TPSA) is 35.5 Å². The summed E-state index contributed by atoms with van der Waals surface area (Å²) in [7, 11) is -3.52. The molecule has 0 aliphatic rings. The molecule has 0 bridgehead atoms. The van der Waals surface area contributed by atoms with Gasteiger partial charge in [0.1, 0.15) is 11.2 Å². The van der Waals surface area contributed by atoms with Crippen LogP contribution in [0.5, 0.6) is 0 Å². The Morgan fingerprint density at radius 1 is 1.20 bits per heavy atom. The largest absolute Gasteiger partial charge is 0.340 e. The van der Waals surface area contributed by atoms with E-state index < -0.39 is 24.5 Å². The molecule has 0 saturated carbocycles. The summed E-state index contributed by atoms with van der Waals surface area (Å²) < 4.78 is 24.5. The van der Waals surface area contributed by atoms with Gasteiger partial charge in [-0.25, -0.2) is 0 Å². The van der Waals surface area contributed by atoms with Gasteiger partial charge in [0.15, 0.2) is 0 Å². The first-order valence-electron chi connectivity index (χ1n) is 6.73. The molecule has 0 N–H and O–H groups in total. The molecule has 3 atom stereocenters. The van der Waals surface area contributed by atoms with E-state index in [1.807, 2.05) is 13.8 Å². The van der Waals surface area contributed by atoms with Gasteiger partial charge in [-0.3, -0.25) is 13.6 Å². The maximum Gasteiger partial charge on any atom is 0.340 e. The third-order valence-electron chi connectivity index (χ3n) is 3.46. The maximum absolute atomic E-state index is 13.1. The van der Waals surface area contributed by atoms with Crippen LogP contribution in [0.25, 0.3) is 0 Å². The van der Waals surface area contributed by atoms with Crippen molar-refractivity contribution in [3.63, 3.8) is 0 Å². The second kappa shape index (κ2) is 7.14. The Labute approximate surface area is 123 Å². The van der Waals surface area contributed by atoms with Crippen molar-refractivity contribution in [1.82, 2.24) is 0 Å². The molecule has 0 aromatic rings. The van der Waals surface area contributed by atoms with E-state index in [0.717, 1.165) is 0 Å². The van der Waals surface area contributed by atoms with Crippen LogP contribution >= 0.6 is 7.60 Å². The summed E-state index contributed by atoms with van der Waals surface area (Å²) in [4.78, 5) is 0. The molecule has 112 valence electrons. The van der Waals surface area contributed by atoms with Crippen molar-refractivity contribution in [3.05, 3.63) is 12.7 Å². The van der Waals surface area contributed by atoms with Crippen LogP contribution < -0.4 is 0 Å². The Morgan fingerprint density at radius 3 is 1.75 bits per heavy atom. The molecule has 3 nitrogen and oxygen atoms in total. The van der Waals surface area contributed by atoms with Crippen LogP contribution in [0, 0.1) is 24.7 Å². The molecule has 0 fully saturated rings. The third-order valence-corrected chi connectivity index (χ3v) is 5.98. The van der Waals surface area contributed by atoms with Gasteiger partial charge in [-0.15, -0.1) is 19.4 Å². The second-order valence-corrected chi connectivity index (χ2v) is 7.42. The molecule has 0 heterocycles. The summed E-state index contributed by atoms with van der Waals surface area (Å²) in [5.74, 6) is 5.05. The summed E-state index contributed by atoms with van der Waals surface area (Å²) in [6, 6.07) is 0. The Balaban J connectivity index is 5.57. The highest BCUT2D eigenvalue weighted by molar-refractivity contribution is 7.55. The van der Waals surface area contributed by atoms with E-state index >= 15 is 0 Å². The van der Waals surface area contributed by atoms with Gasteiger partial charge in [-0.05, 0) is 33.6 Å². The molecule has 0 aromatic carbocycles. The van der Waals surface area contributed by atoms with Crippen molar-refractivity contribution in [2.75, 3.05) is 0 Å². The minimum Gasteiger partial charge on any atom is -0.289 e. The first-order chi connectivity index (χ1) is 9.14. The SMILES string of the molecule is C#CC(C)(CC)OP(=O)(OC(C)(C#C)CC)C(C)C=C. The average molecular weight is 296 g/mol. The summed E-state index contributed by atoms with van der Waals surface area (Å²) in [6.45, 7) is 12.5. The summed E-state index contributed by atoms with van der Waals surface area (Å²) in [5.41, 5.74) is -2.42. The number of rotatable bonds is 8. The van der Waals surface area contributed by atoms with Crippen molar-refractivity contribution >= 4 is 7.60 Å². The highest BCUT2D eigenvalue weighted by Gasteiger charge is 2.42. The maximum atomic E-state index is 13.1. The van der Waals surface area contributed by atoms with Crippen LogP contribution in [0.4, 0.5) is 0 Å². The fourth-order valence-corrected chi connectivity index (χ4v) is 3.38. The highest BCUT2D eigenvalue weighted by atomic mass is 31.2. The van der Waals surface area contributed by atoms with E-state index in [-0.39, 0.29) is 0 Å². The van der Waals surface area contributed by atoms with Crippen molar-refractivity contribution in [2.24, 2.45) is 0 Å². The first-order valence-corrected chi connectivity index (χ1v) is 8.34. The molecular formula is C16H25O3P. The molecule has 0 radical (unpaired) electrons. The monoisotopic (exact) mass is 296 g/mol. The van der Waals surface area contributed by atoms with Crippen molar-refractivity contribution in [2.45, 2.75) is 64.3 Å². The van der Waals surface area contributed by atoms with Gasteiger partial charge >= 0.3 is 7.60 Å². The van der Waals surface area contributed by atoms with Crippen molar-refractivity contribution in [1.29, 1.82) is 0 Å². The molecule has 0 amide bonds. The standard InChI is InChI=1S/C16H25O3P/c1-9-14(6)20(17,18-15(7,10-2)11-3)19-16(8,12-4)13-5/h2,4,9,14H,1,11,13H2,3,5-8H3. The van der Waals surface area contributed by atoms with E-state index in [9.17, 15) is 4.57 Å². The molecule has 0 aliphatic carbocycles. The minimum atomic E-state index is -3.52. The Morgan fingerprint density at radius 2 is 1.55 bits per heavy atom. The van der Waals surface area contributed by atoms with Gasteiger partial charge in [0.05, 0.1) is 5.66 Å². The Bertz CT molecular complexity index is 437. The number of hydrogen-bond donors (Lipinski definition) is 0. The van der Waals surface area contributed by atoms with Gasteiger partial charge in [0.25, 0.3) is 0 Å². The molecule has 4 heteroatoms. The molecule has 0 aliphatic heterocycles. The number of allylic oxidation sites excluding steroid dienone is 1. The first kappa shape index (κ1) is 19.0. The molecule has 0 rings (SSSR count). The molecule has 0 spiro atoms. The van der Waals surface area contributed by atoms with E-state index in [1.165, 1.54) is 6.08 Å². The van der Waals surface area contributed by atoms with E-state index in [1.54, 1.807) is 20.8 Å². The molecule has 20 heavy (non-hydrogen) atoms. The lowest BCUT2D eigenvalue weighted by Crippen LogP contribution is -2.31. The Kier molecular flexibility index (Phi) is 6.79. The summed E-state index contributed by atoms with van der Waals surface area (Å²) in [5, 5.41) is 0. The van der Waals surface area contributed by atoms with Crippen molar-refractivity contribution in [3.8, 4) is 24.7 Å². The molecular weight excluding hydrogens is 271 g/mol. The van der Waals surface area contributed by atoms with Crippen LogP contribution in [0.2, 0.25) is 0 Å². The smallest absolute Gasteiger partial charge is 0.289 e. The average Bonchev–Trinajstić information content (AvgIpc) is 2.45. The normalized spacial score (nSPS) is 21.4. The fourth-order valence-electron chi connectivity index (χ4n) is 1.26. The lowest BCUT2D eigenvalue weighted by molar-refractivity contribution is 0.0615. The van der Waals surface area contributed by atoms with Crippen LogP contribution in [0.3, 0.4) is 0 Å². The summed E-state index contributed by atoms with van der Waals surface area (Å²) in [6.07, 6.45) is 13.5. The predicted octanol–water partition coefficient (Wildman–Crippen LogP) is 4.39. The quantitative estimate of drug-likeness (QED) is 0.378. The number of hydrogen-bond acceptors (Lipinski definition) is 3. The van der Waals surface area contributed by atoms with Crippen LogP contribution in [0.15, 0.2) is 12.7 Å². The zero-order chi connectivity index (χ0) is 16.0. The van der Waals surface area contributed by atoms with E-state index in [4.69, 9.17) is 21.9 Å².